The smallest absolute Gasteiger partial charge is 0.266 e. The normalized spacial score (nSPS) is 12.5. The van der Waals surface area contributed by atoms with Gasteiger partial charge in [-0.15, -0.1) is 0 Å². The molecule has 6 heteroatoms. The number of amides is 1. The van der Waals surface area contributed by atoms with Gasteiger partial charge >= 0.3 is 0 Å². The van der Waals surface area contributed by atoms with Crippen molar-refractivity contribution in [3.05, 3.63) is 23.8 Å². The van der Waals surface area contributed by atoms with Crippen LogP contribution in [0.15, 0.2) is 23.4 Å². The van der Waals surface area contributed by atoms with E-state index in [2.05, 4.69) is 5.16 Å². The SMILES string of the molecule is COc1cccc(C=NOC(C)C(=O)N(C(C)C)C(C)C)c1OC. The molecule has 1 aromatic rings. The second-order valence-electron chi connectivity index (χ2n) is 6.00. The fraction of sp³-hybridized carbons (Fsp3) is 0.556. The van der Waals surface area contributed by atoms with E-state index >= 15 is 0 Å². The molecule has 0 fully saturated rings. The predicted octanol–water partition coefficient (Wildman–Crippen LogP) is 3.09. The molecule has 1 aromatic carbocycles. The van der Waals surface area contributed by atoms with Gasteiger partial charge in [0.2, 0.25) is 6.10 Å². The summed E-state index contributed by atoms with van der Waals surface area (Å²) < 4.78 is 10.6. The summed E-state index contributed by atoms with van der Waals surface area (Å²) in [5.74, 6) is 1.09. The van der Waals surface area contributed by atoms with Gasteiger partial charge in [0, 0.05) is 17.6 Å². The largest absolute Gasteiger partial charge is 0.493 e. The topological polar surface area (TPSA) is 60.4 Å². The third-order valence-corrected chi connectivity index (χ3v) is 3.56. The van der Waals surface area contributed by atoms with Crippen LogP contribution in [0, 0.1) is 0 Å². The number of para-hydroxylation sites is 1. The molecule has 24 heavy (non-hydrogen) atoms. The first-order chi connectivity index (χ1) is 11.3. The molecular weight excluding hydrogens is 308 g/mol. The Balaban J connectivity index is 2.82. The number of benzene rings is 1. The maximum absolute atomic E-state index is 12.5. The van der Waals surface area contributed by atoms with E-state index in [1.807, 2.05) is 39.8 Å². The molecule has 0 aliphatic carbocycles. The lowest BCUT2D eigenvalue weighted by Gasteiger charge is -2.32. The average molecular weight is 336 g/mol. The van der Waals surface area contributed by atoms with E-state index in [1.165, 1.54) is 6.21 Å². The van der Waals surface area contributed by atoms with Crippen molar-refractivity contribution in [2.45, 2.75) is 52.8 Å². The zero-order valence-electron chi connectivity index (χ0n) is 15.6. The van der Waals surface area contributed by atoms with E-state index in [-0.39, 0.29) is 18.0 Å². The van der Waals surface area contributed by atoms with Crippen molar-refractivity contribution in [2.24, 2.45) is 5.16 Å². The van der Waals surface area contributed by atoms with Gasteiger partial charge < -0.3 is 19.2 Å². The Morgan fingerprint density at radius 1 is 1.08 bits per heavy atom. The number of carbonyl (C=O) groups excluding carboxylic acids is 1. The number of carbonyl (C=O) groups is 1. The minimum absolute atomic E-state index is 0.0882. The molecule has 0 radical (unpaired) electrons. The maximum Gasteiger partial charge on any atom is 0.266 e. The van der Waals surface area contributed by atoms with Crippen LogP contribution in [0.3, 0.4) is 0 Å². The number of ether oxygens (including phenoxy) is 2. The van der Waals surface area contributed by atoms with Crippen LogP contribution in [0.1, 0.15) is 40.2 Å². The van der Waals surface area contributed by atoms with Gasteiger partial charge in [-0.1, -0.05) is 11.2 Å². The number of hydrogen-bond acceptors (Lipinski definition) is 5. The van der Waals surface area contributed by atoms with Gasteiger partial charge in [-0.3, -0.25) is 4.79 Å². The van der Waals surface area contributed by atoms with Crippen molar-refractivity contribution >= 4 is 12.1 Å². The van der Waals surface area contributed by atoms with E-state index in [0.717, 1.165) is 0 Å². The van der Waals surface area contributed by atoms with Gasteiger partial charge in [-0.2, -0.15) is 0 Å². The number of oxime groups is 1. The second kappa shape index (κ2) is 9.15. The molecule has 1 amide bonds. The van der Waals surface area contributed by atoms with E-state index in [1.54, 1.807) is 32.1 Å². The highest BCUT2D eigenvalue weighted by atomic mass is 16.6. The lowest BCUT2D eigenvalue weighted by molar-refractivity contribution is -0.146. The molecule has 0 bridgehead atoms. The van der Waals surface area contributed by atoms with Crippen LogP contribution in [0.4, 0.5) is 0 Å². The first-order valence-electron chi connectivity index (χ1n) is 8.05. The predicted molar refractivity (Wildman–Crippen MR) is 94.8 cm³/mol. The number of methoxy groups -OCH3 is 2. The molecule has 0 spiro atoms. The van der Waals surface area contributed by atoms with Crippen LogP contribution in [-0.4, -0.2) is 49.4 Å². The van der Waals surface area contributed by atoms with E-state index in [9.17, 15) is 4.79 Å². The molecule has 0 N–H and O–H groups in total. The summed E-state index contributed by atoms with van der Waals surface area (Å²) in [5.41, 5.74) is 0.709. The van der Waals surface area contributed by atoms with Crippen molar-refractivity contribution in [2.75, 3.05) is 14.2 Å². The summed E-state index contributed by atoms with van der Waals surface area (Å²) in [6.07, 6.45) is 0.850. The number of nitrogens with zero attached hydrogens (tertiary/aromatic N) is 2. The van der Waals surface area contributed by atoms with Crippen LogP contribution in [0.5, 0.6) is 11.5 Å². The molecular formula is C18H28N2O4. The maximum atomic E-state index is 12.5. The minimum Gasteiger partial charge on any atom is -0.493 e. The van der Waals surface area contributed by atoms with Crippen molar-refractivity contribution in [3.8, 4) is 11.5 Å². The Bertz CT molecular complexity index is 562. The minimum atomic E-state index is -0.664. The Morgan fingerprint density at radius 2 is 1.71 bits per heavy atom. The summed E-state index contributed by atoms with van der Waals surface area (Å²) in [5, 5.41) is 3.94. The van der Waals surface area contributed by atoms with Crippen LogP contribution in [-0.2, 0) is 9.63 Å². The van der Waals surface area contributed by atoms with Crippen LogP contribution >= 0.6 is 0 Å². The Kier molecular flexibility index (Phi) is 7.55. The van der Waals surface area contributed by atoms with Crippen molar-refractivity contribution in [1.29, 1.82) is 0 Å². The molecule has 0 heterocycles. The Hall–Kier alpha value is -2.24. The van der Waals surface area contributed by atoms with Crippen LogP contribution in [0.25, 0.3) is 0 Å². The van der Waals surface area contributed by atoms with Gasteiger partial charge in [-0.05, 0) is 46.8 Å². The third kappa shape index (κ3) is 4.88. The second-order valence-corrected chi connectivity index (χ2v) is 6.00. The standard InChI is InChI=1S/C18H28N2O4/c1-12(2)20(13(3)4)18(21)14(5)24-19-11-15-9-8-10-16(22-6)17(15)23-7/h8-14H,1-7H3. The van der Waals surface area contributed by atoms with Crippen molar-refractivity contribution < 1.29 is 19.1 Å². The molecule has 1 rings (SSSR count). The highest BCUT2D eigenvalue weighted by Crippen LogP contribution is 2.29. The summed E-state index contributed by atoms with van der Waals surface area (Å²) >= 11 is 0. The fourth-order valence-electron chi connectivity index (χ4n) is 2.55. The van der Waals surface area contributed by atoms with Gasteiger partial charge in [0.1, 0.15) is 0 Å². The summed E-state index contributed by atoms with van der Waals surface area (Å²) in [7, 11) is 3.13. The molecule has 1 atom stereocenters. The van der Waals surface area contributed by atoms with Crippen LogP contribution < -0.4 is 9.47 Å². The molecule has 0 aromatic heterocycles. The Morgan fingerprint density at radius 3 is 2.21 bits per heavy atom. The first kappa shape index (κ1) is 19.8. The van der Waals surface area contributed by atoms with E-state index < -0.39 is 6.10 Å². The van der Waals surface area contributed by atoms with Gasteiger partial charge in [0.15, 0.2) is 11.5 Å². The molecule has 1 unspecified atom stereocenters. The zero-order chi connectivity index (χ0) is 18.3. The Labute approximate surface area is 144 Å². The summed E-state index contributed by atoms with van der Waals surface area (Å²) in [6, 6.07) is 5.66. The van der Waals surface area contributed by atoms with E-state index in [4.69, 9.17) is 14.3 Å². The van der Waals surface area contributed by atoms with Crippen molar-refractivity contribution in [1.82, 2.24) is 4.90 Å². The average Bonchev–Trinajstić information content (AvgIpc) is 2.53. The fourth-order valence-corrected chi connectivity index (χ4v) is 2.55. The number of rotatable bonds is 8. The summed E-state index contributed by atoms with van der Waals surface area (Å²) in [6.45, 7) is 9.62. The lowest BCUT2D eigenvalue weighted by atomic mass is 10.2. The zero-order valence-corrected chi connectivity index (χ0v) is 15.6. The monoisotopic (exact) mass is 336 g/mol. The van der Waals surface area contributed by atoms with Crippen molar-refractivity contribution in [3.63, 3.8) is 0 Å². The quantitative estimate of drug-likeness (QED) is 0.541. The number of hydrogen-bond donors (Lipinski definition) is 0. The highest BCUT2D eigenvalue weighted by molar-refractivity contribution is 5.85. The molecule has 6 nitrogen and oxygen atoms in total. The van der Waals surface area contributed by atoms with E-state index in [0.29, 0.717) is 17.1 Å². The summed E-state index contributed by atoms with van der Waals surface area (Å²) in [4.78, 5) is 19.6. The molecule has 134 valence electrons. The van der Waals surface area contributed by atoms with Gasteiger partial charge in [0.25, 0.3) is 5.91 Å². The molecule has 0 aliphatic heterocycles. The molecule has 0 saturated carbocycles. The first-order valence-corrected chi connectivity index (χ1v) is 8.05. The lowest BCUT2D eigenvalue weighted by Crippen LogP contribution is -2.46. The molecule has 0 saturated heterocycles. The van der Waals surface area contributed by atoms with Crippen LogP contribution in [0.2, 0.25) is 0 Å². The van der Waals surface area contributed by atoms with Gasteiger partial charge in [0.05, 0.1) is 20.4 Å². The van der Waals surface area contributed by atoms with Gasteiger partial charge in [-0.25, -0.2) is 0 Å². The molecule has 0 aliphatic rings. The third-order valence-electron chi connectivity index (χ3n) is 3.56. The highest BCUT2D eigenvalue weighted by Gasteiger charge is 2.26.